The summed E-state index contributed by atoms with van der Waals surface area (Å²) in [5.41, 5.74) is 0.0336. The lowest BCUT2D eigenvalue weighted by atomic mass is 10.2. The number of halogens is 3. The van der Waals surface area contributed by atoms with Crippen molar-refractivity contribution in [2.24, 2.45) is 0 Å². The molecule has 0 aliphatic carbocycles. The standard InChI is InChI=1S/C16H16F3N5O/c1-2-4-12-8-14(25)24-15(21-12)22-13(23-24)9-20-11-6-3-5-10(7-11)16(17,18)19/h3,5-8,20H,2,4,9H2,1H3,(H,21,22,23). The molecule has 0 aliphatic rings. The van der Waals surface area contributed by atoms with Gasteiger partial charge in [-0.3, -0.25) is 4.79 Å². The summed E-state index contributed by atoms with van der Waals surface area (Å²) in [6.45, 7) is 2.09. The zero-order valence-electron chi connectivity index (χ0n) is 13.4. The van der Waals surface area contributed by atoms with Crippen LogP contribution in [0.5, 0.6) is 0 Å². The lowest BCUT2D eigenvalue weighted by molar-refractivity contribution is -0.137. The van der Waals surface area contributed by atoms with Gasteiger partial charge >= 0.3 is 6.18 Å². The molecule has 132 valence electrons. The van der Waals surface area contributed by atoms with E-state index in [1.54, 1.807) is 0 Å². The molecule has 6 nitrogen and oxygen atoms in total. The molecule has 0 unspecified atom stereocenters. The number of hydrogen-bond acceptors (Lipinski definition) is 4. The van der Waals surface area contributed by atoms with Crippen LogP contribution in [0.3, 0.4) is 0 Å². The number of aromatic nitrogens is 4. The van der Waals surface area contributed by atoms with Crippen molar-refractivity contribution in [2.45, 2.75) is 32.5 Å². The zero-order chi connectivity index (χ0) is 18.0. The summed E-state index contributed by atoms with van der Waals surface area (Å²) in [6.07, 6.45) is -2.80. The van der Waals surface area contributed by atoms with Crippen LogP contribution in [-0.4, -0.2) is 19.6 Å². The Morgan fingerprint density at radius 1 is 1.28 bits per heavy atom. The molecular weight excluding hydrogens is 335 g/mol. The number of fused-ring (bicyclic) bond motifs is 1. The molecule has 3 aromatic rings. The maximum atomic E-state index is 12.7. The molecule has 2 N–H and O–H groups in total. The number of nitrogens with one attached hydrogen (secondary N) is 2. The highest BCUT2D eigenvalue weighted by Crippen LogP contribution is 2.30. The van der Waals surface area contributed by atoms with Gasteiger partial charge < -0.3 is 10.3 Å². The summed E-state index contributed by atoms with van der Waals surface area (Å²) in [5, 5.41) is 6.92. The third-order valence-corrected chi connectivity index (χ3v) is 3.59. The topological polar surface area (TPSA) is 75.1 Å². The highest BCUT2D eigenvalue weighted by atomic mass is 19.4. The summed E-state index contributed by atoms with van der Waals surface area (Å²) >= 11 is 0. The number of alkyl halides is 3. The van der Waals surface area contributed by atoms with Crippen molar-refractivity contribution < 1.29 is 13.2 Å². The van der Waals surface area contributed by atoms with Gasteiger partial charge in [0.2, 0.25) is 5.78 Å². The zero-order valence-corrected chi connectivity index (χ0v) is 13.4. The number of H-pyrrole nitrogens is 1. The summed E-state index contributed by atoms with van der Waals surface area (Å²) in [7, 11) is 0. The predicted octanol–water partition coefficient (Wildman–Crippen LogP) is 3.00. The molecule has 0 amide bonds. The maximum Gasteiger partial charge on any atom is 0.416 e. The fraction of sp³-hybridized carbons (Fsp3) is 0.312. The molecule has 9 heteroatoms. The normalized spacial score (nSPS) is 11.8. The molecular formula is C16H16F3N5O. The largest absolute Gasteiger partial charge is 0.416 e. The average Bonchev–Trinajstić information content (AvgIpc) is 2.96. The van der Waals surface area contributed by atoms with Crippen molar-refractivity contribution in [1.82, 2.24) is 19.6 Å². The van der Waals surface area contributed by atoms with Gasteiger partial charge in [-0.1, -0.05) is 19.4 Å². The van der Waals surface area contributed by atoms with Crippen LogP contribution in [0.2, 0.25) is 0 Å². The van der Waals surface area contributed by atoms with Crippen molar-refractivity contribution in [2.75, 3.05) is 5.32 Å². The minimum absolute atomic E-state index is 0.0966. The van der Waals surface area contributed by atoms with Crippen LogP contribution < -0.4 is 10.9 Å². The Bertz CT molecular complexity index is 945. The Morgan fingerprint density at radius 3 is 2.80 bits per heavy atom. The lowest BCUT2D eigenvalue weighted by Gasteiger charge is -2.09. The number of nitrogens with zero attached hydrogens (tertiary/aromatic N) is 3. The van der Waals surface area contributed by atoms with E-state index in [2.05, 4.69) is 20.4 Å². The minimum Gasteiger partial charge on any atom is -0.378 e. The van der Waals surface area contributed by atoms with Crippen LogP contribution >= 0.6 is 0 Å². The van der Waals surface area contributed by atoms with Gasteiger partial charge in [-0.25, -0.2) is 0 Å². The van der Waals surface area contributed by atoms with E-state index in [0.717, 1.165) is 35.2 Å². The predicted molar refractivity (Wildman–Crippen MR) is 86.4 cm³/mol. The van der Waals surface area contributed by atoms with Crippen molar-refractivity contribution >= 4 is 11.5 Å². The summed E-state index contributed by atoms with van der Waals surface area (Å²) in [6, 6.07) is 6.33. The van der Waals surface area contributed by atoms with Gasteiger partial charge in [0.05, 0.1) is 12.1 Å². The van der Waals surface area contributed by atoms with Gasteiger partial charge in [0.15, 0.2) is 5.82 Å². The Balaban J connectivity index is 1.80. The van der Waals surface area contributed by atoms with Crippen LogP contribution in [0.1, 0.15) is 30.4 Å². The molecule has 0 aliphatic heterocycles. The van der Waals surface area contributed by atoms with Gasteiger partial charge in [-0.2, -0.15) is 22.7 Å². The third-order valence-electron chi connectivity index (χ3n) is 3.59. The van der Waals surface area contributed by atoms with Gasteiger partial charge in [-0.15, -0.1) is 5.10 Å². The number of aromatic amines is 1. The van der Waals surface area contributed by atoms with Crippen LogP contribution in [0.25, 0.3) is 5.78 Å². The van der Waals surface area contributed by atoms with Crippen LogP contribution in [0.15, 0.2) is 35.1 Å². The first-order valence-corrected chi connectivity index (χ1v) is 7.76. The van der Waals surface area contributed by atoms with E-state index in [4.69, 9.17) is 0 Å². The molecule has 0 atom stereocenters. The fourth-order valence-corrected chi connectivity index (χ4v) is 2.44. The molecule has 0 bridgehead atoms. The molecule has 1 aromatic carbocycles. The monoisotopic (exact) mass is 351 g/mol. The lowest BCUT2D eigenvalue weighted by Crippen LogP contribution is -2.16. The second kappa shape index (κ2) is 6.58. The van der Waals surface area contributed by atoms with Crippen LogP contribution in [-0.2, 0) is 19.1 Å². The molecule has 2 heterocycles. The van der Waals surface area contributed by atoms with E-state index in [1.807, 2.05) is 6.92 Å². The molecule has 0 spiro atoms. The van der Waals surface area contributed by atoms with E-state index < -0.39 is 11.7 Å². The molecule has 3 rings (SSSR count). The Hall–Kier alpha value is -2.84. The van der Waals surface area contributed by atoms with E-state index in [0.29, 0.717) is 17.3 Å². The van der Waals surface area contributed by atoms with E-state index in [9.17, 15) is 18.0 Å². The van der Waals surface area contributed by atoms with Gasteiger partial charge in [-0.05, 0) is 24.6 Å². The summed E-state index contributed by atoms with van der Waals surface area (Å²) in [4.78, 5) is 19.3. The summed E-state index contributed by atoms with van der Waals surface area (Å²) in [5.74, 6) is 0.621. The highest BCUT2D eigenvalue weighted by Gasteiger charge is 2.30. The maximum absolute atomic E-state index is 12.7. The first kappa shape index (κ1) is 17.0. The van der Waals surface area contributed by atoms with E-state index >= 15 is 0 Å². The Labute approximate surface area is 140 Å². The quantitative estimate of drug-likeness (QED) is 0.741. The van der Waals surface area contributed by atoms with Gasteiger partial charge in [0.25, 0.3) is 5.56 Å². The third kappa shape index (κ3) is 3.81. The number of aryl methyl sites for hydroxylation is 1. The van der Waals surface area contributed by atoms with Crippen molar-refractivity contribution in [3.8, 4) is 0 Å². The van der Waals surface area contributed by atoms with E-state index in [-0.39, 0.29) is 12.1 Å². The average molecular weight is 351 g/mol. The van der Waals surface area contributed by atoms with Crippen molar-refractivity contribution in [3.63, 3.8) is 0 Å². The second-order valence-electron chi connectivity index (χ2n) is 5.58. The van der Waals surface area contributed by atoms with Gasteiger partial charge in [0, 0.05) is 17.4 Å². The Morgan fingerprint density at radius 2 is 2.08 bits per heavy atom. The minimum atomic E-state index is -4.40. The molecule has 25 heavy (non-hydrogen) atoms. The van der Waals surface area contributed by atoms with Crippen molar-refractivity contribution in [3.05, 3.63) is 57.8 Å². The fourth-order valence-electron chi connectivity index (χ4n) is 2.44. The second-order valence-corrected chi connectivity index (χ2v) is 5.58. The highest BCUT2D eigenvalue weighted by molar-refractivity contribution is 5.46. The van der Waals surface area contributed by atoms with Crippen molar-refractivity contribution in [1.29, 1.82) is 0 Å². The Kier molecular flexibility index (Phi) is 4.47. The number of anilines is 1. The molecule has 0 fully saturated rings. The molecule has 2 aromatic heterocycles. The number of rotatable bonds is 5. The van der Waals surface area contributed by atoms with Gasteiger partial charge in [0.1, 0.15) is 0 Å². The molecule has 0 saturated heterocycles. The number of benzene rings is 1. The smallest absolute Gasteiger partial charge is 0.378 e. The SMILES string of the molecule is CCCc1cc(=O)n2nc(CNc3cccc(C(F)(F)F)c3)nc2[nH]1. The molecule has 0 saturated carbocycles. The van der Waals surface area contributed by atoms with Crippen LogP contribution in [0, 0.1) is 0 Å². The summed E-state index contributed by atoms with van der Waals surface area (Å²) < 4.78 is 39.3. The molecule has 0 radical (unpaired) electrons. The van der Waals surface area contributed by atoms with Crippen LogP contribution in [0.4, 0.5) is 18.9 Å². The number of hydrogen-bond donors (Lipinski definition) is 2. The first-order valence-electron chi connectivity index (χ1n) is 7.76. The first-order chi connectivity index (χ1) is 11.9. The van der Waals surface area contributed by atoms with E-state index in [1.165, 1.54) is 18.2 Å².